The second kappa shape index (κ2) is 8.11. The molecule has 3 heterocycles. The average Bonchev–Trinajstić information content (AvgIpc) is 3.04. The normalized spacial score (nSPS) is 22.7. The number of piperidine rings is 1. The maximum absolute atomic E-state index is 13.3. The lowest BCUT2D eigenvalue weighted by Gasteiger charge is -2.39. The topological polar surface area (TPSA) is 42.4 Å². The lowest BCUT2D eigenvalue weighted by Crippen LogP contribution is -2.49. The lowest BCUT2D eigenvalue weighted by atomic mass is 9.97. The van der Waals surface area contributed by atoms with E-state index in [4.69, 9.17) is 16.3 Å². The van der Waals surface area contributed by atoms with Crippen LogP contribution in [0.15, 0.2) is 73.1 Å². The van der Waals surface area contributed by atoms with Crippen LogP contribution < -0.4 is 4.74 Å². The van der Waals surface area contributed by atoms with Gasteiger partial charge in [-0.05, 0) is 60.4 Å². The third-order valence-electron chi connectivity index (χ3n) is 6.15. The summed E-state index contributed by atoms with van der Waals surface area (Å²) in [5.74, 6) is 0.929. The zero-order valence-electron chi connectivity index (χ0n) is 16.6. The first kappa shape index (κ1) is 19.1. The fourth-order valence-electron chi connectivity index (χ4n) is 4.79. The Kier molecular flexibility index (Phi) is 5.17. The number of nitrogens with zero attached hydrogens (tertiary/aromatic N) is 2. The van der Waals surface area contributed by atoms with Gasteiger partial charge in [0.25, 0.3) is 5.91 Å². The fraction of sp³-hybridized carbons (Fsp3) is 0.280. The molecule has 4 nitrogen and oxygen atoms in total. The van der Waals surface area contributed by atoms with Gasteiger partial charge in [-0.15, -0.1) is 0 Å². The number of benzene rings is 2. The van der Waals surface area contributed by atoms with Crippen molar-refractivity contribution in [2.75, 3.05) is 0 Å². The van der Waals surface area contributed by atoms with Crippen molar-refractivity contribution in [3.05, 3.63) is 83.6 Å². The largest absolute Gasteiger partial charge is 0.489 e. The number of halogens is 1. The third-order valence-corrected chi connectivity index (χ3v) is 6.39. The molecule has 2 unspecified atom stereocenters. The summed E-state index contributed by atoms with van der Waals surface area (Å²) in [7, 11) is 0. The zero-order valence-corrected chi connectivity index (χ0v) is 17.3. The minimum atomic E-state index is 0.125. The van der Waals surface area contributed by atoms with Crippen LogP contribution in [0.5, 0.6) is 5.75 Å². The summed E-state index contributed by atoms with van der Waals surface area (Å²) in [6, 6.07) is 19.9. The molecule has 2 saturated heterocycles. The van der Waals surface area contributed by atoms with Crippen LogP contribution in [-0.2, 0) is 0 Å². The molecule has 0 spiro atoms. The van der Waals surface area contributed by atoms with Gasteiger partial charge in [0.05, 0.1) is 6.20 Å². The van der Waals surface area contributed by atoms with Crippen LogP contribution in [-0.4, -0.2) is 34.0 Å². The van der Waals surface area contributed by atoms with Crippen LogP contribution in [0.3, 0.4) is 0 Å². The summed E-state index contributed by atoms with van der Waals surface area (Å²) in [6.45, 7) is 0. The van der Waals surface area contributed by atoms with Crippen LogP contribution in [0.1, 0.15) is 36.0 Å². The first-order valence-electron chi connectivity index (χ1n) is 10.4. The summed E-state index contributed by atoms with van der Waals surface area (Å²) in [5.41, 5.74) is 2.85. The lowest BCUT2D eigenvalue weighted by molar-refractivity contribution is 0.0358. The van der Waals surface area contributed by atoms with E-state index in [0.717, 1.165) is 48.1 Å². The number of carbonyl (C=O) groups is 1. The van der Waals surface area contributed by atoms with E-state index in [1.165, 1.54) is 0 Å². The molecule has 30 heavy (non-hydrogen) atoms. The minimum Gasteiger partial charge on any atom is -0.489 e. The van der Waals surface area contributed by atoms with E-state index >= 15 is 0 Å². The molecule has 3 aromatic rings. The van der Waals surface area contributed by atoms with Crippen molar-refractivity contribution < 1.29 is 9.53 Å². The van der Waals surface area contributed by atoms with E-state index in [1.54, 1.807) is 12.4 Å². The molecular formula is C25H23ClN2O2. The van der Waals surface area contributed by atoms with E-state index in [1.807, 2.05) is 60.7 Å². The molecule has 0 N–H and O–H groups in total. The second-order valence-electron chi connectivity index (χ2n) is 8.09. The van der Waals surface area contributed by atoms with Gasteiger partial charge in [0.1, 0.15) is 11.9 Å². The van der Waals surface area contributed by atoms with Crippen LogP contribution in [0, 0.1) is 0 Å². The predicted octanol–water partition coefficient (Wildman–Crippen LogP) is 5.62. The Morgan fingerprint density at radius 3 is 2.40 bits per heavy atom. The van der Waals surface area contributed by atoms with Gasteiger partial charge in [0.2, 0.25) is 0 Å². The SMILES string of the molecule is O=C(c1ccc(-c2cccc(Cl)c2)cc1)N1C2CCC1CC(Oc1cccnc1)C2. The van der Waals surface area contributed by atoms with Gasteiger partial charge in [0.15, 0.2) is 0 Å². The molecule has 1 amide bonds. The molecule has 0 aliphatic carbocycles. The highest BCUT2D eigenvalue weighted by atomic mass is 35.5. The van der Waals surface area contributed by atoms with Crippen molar-refractivity contribution in [3.8, 4) is 16.9 Å². The molecule has 2 atom stereocenters. The third kappa shape index (κ3) is 3.80. The standard InChI is InChI=1S/C25H23ClN2O2/c26-20-4-1-3-19(13-20)17-6-8-18(9-7-17)25(29)28-21-10-11-22(28)15-24(14-21)30-23-5-2-12-27-16-23/h1-9,12-13,16,21-22,24H,10-11,14-15H2. The molecule has 1 aromatic heterocycles. The summed E-state index contributed by atoms with van der Waals surface area (Å²) in [4.78, 5) is 19.5. The van der Waals surface area contributed by atoms with Gasteiger partial charge in [-0.2, -0.15) is 0 Å². The van der Waals surface area contributed by atoms with Crippen LogP contribution >= 0.6 is 11.6 Å². The number of carbonyl (C=O) groups excluding carboxylic acids is 1. The van der Waals surface area contributed by atoms with E-state index in [0.29, 0.717) is 5.02 Å². The molecular weight excluding hydrogens is 396 g/mol. The van der Waals surface area contributed by atoms with Crippen molar-refractivity contribution in [2.24, 2.45) is 0 Å². The van der Waals surface area contributed by atoms with Crippen LogP contribution in [0.2, 0.25) is 5.02 Å². The molecule has 2 fully saturated rings. The van der Waals surface area contributed by atoms with Crippen molar-refractivity contribution in [1.29, 1.82) is 0 Å². The maximum atomic E-state index is 13.3. The minimum absolute atomic E-state index is 0.125. The number of pyridine rings is 1. The Hall–Kier alpha value is -2.85. The van der Waals surface area contributed by atoms with Gasteiger partial charge < -0.3 is 9.64 Å². The Balaban J connectivity index is 1.29. The first-order valence-corrected chi connectivity index (χ1v) is 10.8. The molecule has 5 rings (SSSR count). The van der Waals surface area contributed by atoms with Gasteiger partial charge in [-0.1, -0.05) is 35.9 Å². The van der Waals surface area contributed by atoms with Crippen LogP contribution in [0.25, 0.3) is 11.1 Å². The van der Waals surface area contributed by atoms with Crippen molar-refractivity contribution in [1.82, 2.24) is 9.88 Å². The predicted molar refractivity (Wildman–Crippen MR) is 118 cm³/mol. The van der Waals surface area contributed by atoms with E-state index < -0.39 is 0 Å². The number of fused-ring (bicyclic) bond motifs is 2. The first-order chi connectivity index (χ1) is 14.7. The molecule has 2 aliphatic rings. The zero-order chi connectivity index (χ0) is 20.5. The number of ether oxygens (including phenoxy) is 1. The van der Waals surface area contributed by atoms with E-state index in [9.17, 15) is 4.79 Å². The van der Waals surface area contributed by atoms with Gasteiger partial charge >= 0.3 is 0 Å². The highest BCUT2D eigenvalue weighted by Gasteiger charge is 2.44. The maximum Gasteiger partial charge on any atom is 0.254 e. The Labute approximate surface area is 181 Å². The fourth-order valence-corrected chi connectivity index (χ4v) is 4.98. The van der Waals surface area contributed by atoms with E-state index in [2.05, 4.69) is 9.88 Å². The monoisotopic (exact) mass is 418 g/mol. The second-order valence-corrected chi connectivity index (χ2v) is 8.52. The molecule has 2 aromatic carbocycles. The Morgan fingerprint density at radius 1 is 0.967 bits per heavy atom. The molecule has 2 aliphatic heterocycles. The quantitative estimate of drug-likeness (QED) is 0.552. The van der Waals surface area contributed by atoms with Crippen molar-refractivity contribution >= 4 is 17.5 Å². The van der Waals surface area contributed by atoms with Crippen LogP contribution in [0.4, 0.5) is 0 Å². The molecule has 152 valence electrons. The van der Waals surface area contributed by atoms with Crippen molar-refractivity contribution in [3.63, 3.8) is 0 Å². The molecule has 0 saturated carbocycles. The van der Waals surface area contributed by atoms with Gasteiger partial charge in [0, 0.05) is 41.7 Å². The number of rotatable bonds is 4. The molecule has 2 bridgehead atoms. The summed E-state index contributed by atoms with van der Waals surface area (Å²) in [6.07, 6.45) is 7.47. The highest BCUT2D eigenvalue weighted by molar-refractivity contribution is 6.30. The van der Waals surface area contributed by atoms with Gasteiger partial charge in [-0.3, -0.25) is 9.78 Å². The van der Waals surface area contributed by atoms with Gasteiger partial charge in [-0.25, -0.2) is 0 Å². The summed E-state index contributed by atoms with van der Waals surface area (Å²) < 4.78 is 6.13. The highest BCUT2D eigenvalue weighted by Crippen LogP contribution is 2.38. The number of aromatic nitrogens is 1. The Bertz CT molecular complexity index is 1020. The molecule has 0 radical (unpaired) electrons. The number of hydrogen-bond donors (Lipinski definition) is 0. The number of hydrogen-bond acceptors (Lipinski definition) is 3. The summed E-state index contributed by atoms with van der Waals surface area (Å²) >= 11 is 6.11. The van der Waals surface area contributed by atoms with Crippen molar-refractivity contribution in [2.45, 2.75) is 43.9 Å². The van der Waals surface area contributed by atoms with E-state index in [-0.39, 0.29) is 24.1 Å². The number of amides is 1. The Morgan fingerprint density at radius 2 is 1.73 bits per heavy atom. The smallest absolute Gasteiger partial charge is 0.254 e. The summed E-state index contributed by atoms with van der Waals surface area (Å²) in [5, 5.41) is 0.709. The average molecular weight is 419 g/mol. The molecule has 5 heteroatoms.